The van der Waals surface area contributed by atoms with Gasteiger partial charge in [0, 0.05) is 6.04 Å². The van der Waals surface area contributed by atoms with Crippen LogP contribution in [0.5, 0.6) is 5.75 Å². The summed E-state index contributed by atoms with van der Waals surface area (Å²) < 4.78 is 0. The molecule has 1 N–H and O–H groups in total. The molecule has 0 unspecified atom stereocenters. The van der Waals surface area contributed by atoms with E-state index in [9.17, 15) is 5.11 Å². The molecule has 2 heteroatoms. The highest BCUT2D eigenvalue weighted by Gasteiger charge is 2.54. The fraction of sp³-hybridized carbons (Fsp3) is 0.647. The fourth-order valence-electron chi connectivity index (χ4n) is 5.23. The lowest BCUT2D eigenvalue weighted by atomic mass is 9.55. The summed E-state index contributed by atoms with van der Waals surface area (Å²) in [7, 11) is 2.30. The van der Waals surface area contributed by atoms with Gasteiger partial charge in [-0.25, -0.2) is 0 Å². The molecule has 1 saturated carbocycles. The highest BCUT2D eigenvalue weighted by Crippen LogP contribution is 2.59. The molecule has 102 valence electrons. The smallest absolute Gasteiger partial charge is 0.115 e. The van der Waals surface area contributed by atoms with Gasteiger partial charge >= 0.3 is 0 Å². The predicted octanol–water partition coefficient (Wildman–Crippen LogP) is 3.30. The van der Waals surface area contributed by atoms with Crippen molar-refractivity contribution in [2.24, 2.45) is 5.41 Å². The van der Waals surface area contributed by atoms with Gasteiger partial charge in [-0.05, 0) is 73.9 Å². The lowest BCUT2D eigenvalue weighted by Crippen LogP contribution is -2.48. The van der Waals surface area contributed by atoms with E-state index in [0.29, 0.717) is 17.1 Å². The summed E-state index contributed by atoms with van der Waals surface area (Å²) in [6.07, 6.45) is 8.01. The minimum absolute atomic E-state index is 0.448. The summed E-state index contributed by atoms with van der Waals surface area (Å²) in [5, 5.41) is 9.86. The molecule has 4 rings (SSSR count). The van der Waals surface area contributed by atoms with E-state index in [0.717, 1.165) is 6.04 Å². The molecule has 0 bridgehead atoms. The van der Waals surface area contributed by atoms with E-state index in [2.05, 4.69) is 24.1 Å². The molecule has 2 fully saturated rings. The zero-order chi connectivity index (χ0) is 13.0. The third kappa shape index (κ3) is 1.53. The number of phenolic OH excluding ortho intramolecular Hbond substituents is 1. The largest absolute Gasteiger partial charge is 0.508 e. The number of likely N-dealkylation sites (tertiary alicyclic amines) is 1. The van der Waals surface area contributed by atoms with Crippen molar-refractivity contribution >= 4 is 0 Å². The lowest BCUT2D eigenvalue weighted by molar-refractivity contribution is 0.0807. The van der Waals surface area contributed by atoms with E-state index >= 15 is 0 Å². The molecule has 19 heavy (non-hydrogen) atoms. The van der Waals surface area contributed by atoms with Crippen LogP contribution in [0.15, 0.2) is 18.2 Å². The summed E-state index contributed by atoms with van der Waals surface area (Å²) in [5.41, 5.74) is 3.46. The van der Waals surface area contributed by atoms with Crippen LogP contribution in [-0.4, -0.2) is 29.6 Å². The summed E-state index contributed by atoms with van der Waals surface area (Å²) in [4.78, 5) is 2.59. The molecule has 1 spiro atoms. The van der Waals surface area contributed by atoms with Crippen LogP contribution in [0, 0.1) is 5.41 Å². The molecule has 0 aromatic heterocycles. The third-order valence-corrected chi connectivity index (χ3v) is 6.12. The second kappa shape index (κ2) is 3.99. The van der Waals surface area contributed by atoms with Crippen molar-refractivity contribution < 1.29 is 5.11 Å². The molecule has 0 radical (unpaired) electrons. The molecule has 1 aromatic carbocycles. The van der Waals surface area contributed by atoms with Crippen molar-refractivity contribution in [2.45, 2.75) is 50.5 Å². The predicted molar refractivity (Wildman–Crippen MR) is 76.5 cm³/mol. The van der Waals surface area contributed by atoms with Crippen LogP contribution in [0.2, 0.25) is 0 Å². The topological polar surface area (TPSA) is 23.5 Å². The van der Waals surface area contributed by atoms with E-state index in [1.54, 1.807) is 0 Å². The van der Waals surface area contributed by atoms with Crippen LogP contribution in [0.25, 0.3) is 0 Å². The standard InChI is InChI=1S/C17H23NO/c1-18-9-8-17-7-3-2-4-15(17)14-11-13(19)6-5-12(14)10-16(17)18/h5-6,11,15-16,19H,2-4,7-10H2,1H3/t15-,16-,17+/m0/s1. The maximum Gasteiger partial charge on any atom is 0.115 e. The van der Waals surface area contributed by atoms with E-state index in [1.807, 2.05) is 6.07 Å². The Morgan fingerprint density at radius 2 is 2.16 bits per heavy atom. The Morgan fingerprint density at radius 3 is 3.05 bits per heavy atom. The van der Waals surface area contributed by atoms with E-state index < -0.39 is 0 Å². The van der Waals surface area contributed by atoms with Crippen molar-refractivity contribution in [3.05, 3.63) is 29.3 Å². The van der Waals surface area contributed by atoms with Crippen molar-refractivity contribution in [3.8, 4) is 5.75 Å². The maximum absolute atomic E-state index is 9.86. The minimum atomic E-state index is 0.448. The van der Waals surface area contributed by atoms with Crippen molar-refractivity contribution in [2.75, 3.05) is 13.6 Å². The van der Waals surface area contributed by atoms with E-state index in [-0.39, 0.29) is 0 Å². The highest BCUT2D eigenvalue weighted by molar-refractivity contribution is 5.43. The highest BCUT2D eigenvalue weighted by atomic mass is 16.3. The van der Waals surface area contributed by atoms with Gasteiger partial charge in [0.15, 0.2) is 0 Å². The minimum Gasteiger partial charge on any atom is -0.508 e. The van der Waals surface area contributed by atoms with Gasteiger partial charge in [0.2, 0.25) is 0 Å². The van der Waals surface area contributed by atoms with Crippen LogP contribution in [-0.2, 0) is 6.42 Å². The molecule has 3 atom stereocenters. The molecule has 2 nitrogen and oxygen atoms in total. The Hall–Kier alpha value is -1.02. The Balaban J connectivity index is 1.86. The van der Waals surface area contributed by atoms with Crippen LogP contribution >= 0.6 is 0 Å². The van der Waals surface area contributed by atoms with E-state index in [4.69, 9.17) is 0 Å². The van der Waals surface area contributed by atoms with Gasteiger partial charge in [0.25, 0.3) is 0 Å². The average molecular weight is 257 g/mol. The number of phenols is 1. The molecule has 0 amide bonds. The summed E-state index contributed by atoms with van der Waals surface area (Å²) in [6, 6.07) is 6.82. The Bertz CT molecular complexity index is 508. The van der Waals surface area contributed by atoms with Crippen LogP contribution in [0.4, 0.5) is 0 Å². The normalized spacial score (nSPS) is 37.5. The first-order valence-corrected chi connectivity index (χ1v) is 7.73. The van der Waals surface area contributed by atoms with Gasteiger partial charge in [-0.2, -0.15) is 0 Å². The van der Waals surface area contributed by atoms with Crippen LogP contribution in [0.1, 0.15) is 49.1 Å². The Labute approximate surface area is 115 Å². The average Bonchev–Trinajstić information content (AvgIpc) is 2.73. The van der Waals surface area contributed by atoms with Gasteiger partial charge in [0.05, 0.1) is 0 Å². The Kier molecular flexibility index (Phi) is 2.47. The Morgan fingerprint density at radius 1 is 1.26 bits per heavy atom. The van der Waals surface area contributed by atoms with Gasteiger partial charge in [-0.15, -0.1) is 0 Å². The number of hydrogen-bond donors (Lipinski definition) is 1. The molecule has 2 aliphatic carbocycles. The number of rotatable bonds is 0. The van der Waals surface area contributed by atoms with Gasteiger partial charge in [0.1, 0.15) is 5.75 Å². The third-order valence-electron chi connectivity index (χ3n) is 6.12. The first-order chi connectivity index (χ1) is 9.21. The van der Waals surface area contributed by atoms with Gasteiger partial charge in [-0.1, -0.05) is 18.9 Å². The summed E-state index contributed by atoms with van der Waals surface area (Å²) in [6.45, 7) is 1.25. The molecule has 1 aromatic rings. The van der Waals surface area contributed by atoms with Crippen molar-refractivity contribution in [1.29, 1.82) is 0 Å². The number of nitrogens with zero attached hydrogens (tertiary/aromatic N) is 1. The van der Waals surface area contributed by atoms with E-state index in [1.165, 1.54) is 56.2 Å². The quantitative estimate of drug-likeness (QED) is 0.771. The number of aromatic hydroxyl groups is 1. The molecular formula is C17H23NO. The number of hydrogen-bond acceptors (Lipinski definition) is 2. The first kappa shape index (κ1) is 11.8. The monoisotopic (exact) mass is 257 g/mol. The fourth-order valence-corrected chi connectivity index (χ4v) is 5.23. The zero-order valence-corrected chi connectivity index (χ0v) is 11.7. The zero-order valence-electron chi connectivity index (χ0n) is 11.7. The first-order valence-electron chi connectivity index (χ1n) is 7.73. The van der Waals surface area contributed by atoms with Crippen LogP contribution < -0.4 is 0 Å². The van der Waals surface area contributed by atoms with Gasteiger partial charge < -0.3 is 10.0 Å². The summed E-state index contributed by atoms with van der Waals surface area (Å²) >= 11 is 0. The second-order valence-electron chi connectivity index (χ2n) is 6.87. The summed E-state index contributed by atoms with van der Waals surface area (Å²) in [5.74, 6) is 1.14. The molecular weight excluding hydrogens is 234 g/mol. The molecule has 1 saturated heterocycles. The van der Waals surface area contributed by atoms with Crippen LogP contribution in [0.3, 0.4) is 0 Å². The molecule has 1 heterocycles. The van der Waals surface area contributed by atoms with Gasteiger partial charge in [-0.3, -0.25) is 0 Å². The lowest BCUT2D eigenvalue weighted by Gasteiger charge is -2.51. The second-order valence-corrected chi connectivity index (χ2v) is 6.87. The van der Waals surface area contributed by atoms with Crippen molar-refractivity contribution in [3.63, 3.8) is 0 Å². The molecule has 1 aliphatic heterocycles. The SMILES string of the molecule is CN1CC[C@]23CCCC[C@H]2c2cc(O)ccc2C[C@H]13. The number of likely N-dealkylation sites (N-methyl/N-ethyl adjacent to an activating group) is 1. The van der Waals surface area contributed by atoms with Crippen molar-refractivity contribution in [1.82, 2.24) is 4.90 Å². The number of benzene rings is 1. The number of fused-ring (bicyclic) bond motifs is 2. The maximum atomic E-state index is 9.86. The molecule has 3 aliphatic rings.